The second-order valence-corrected chi connectivity index (χ2v) is 12.9. The molecule has 2 bridgehead atoms. The first-order valence-electron chi connectivity index (χ1n) is 11.3. The lowest BCUT2D eigenvalue weighted by molar-refractivity contribution is 0.0738. The summed E-state index contributed by atoms with van der Waals surface area (Å²) >= 11 is 6.69. The molecule has 2 N–H and O–H groups in total. The van der Waals surface area contributed by atoms with Crippen molar-refractivity contribution in [3.8, 4) is 0 Å². The monoisotopic (exact) mass is 479 g/mol. The molecule has 1 aromatic carbocycles. The summed E-state index contributed by atoms with van der Waals surface area (Å²) in [6, 6.07) is 4.00. The molecule has 6 nitrogen and oxygen atoms in total. The number of fused-ring (bicyclic) bond motifs is 3. The summed E-state index contributed by atoms with van der Waals surface area (Å²) in [6.07, 6.45) is 4.68. The van der Waals surface area contributed by atoms with Crippen molar-refractivity contribution in [3.05, 3.63) is 34.0 Å². The zero-order chi connectivity index (χ0) is 23.6. The average molecular weight is 480 g/mol. The molecule has 0 radical (unpaired) electrons. The summed E-state index contributed by atoms with van der Waals surface area (Å²) in [6.45, 7) is 11.3. The zero-order valence-electron chi connectivity index (χ0n) is 19.8. The molecule has 32 heavy (non-hydrogen) atoms. The van der Waals surface area contributed by atoms with Gasteiger partial charge in [0.05, 0.1) is 22.4 Å². The molecule has 1 amide bonds. The number of nitrogens with one attached hydrogen (secondary N) is 2. The molecule has 2 aliphatic carbocycles. The summed E-state index contributed by atoms with van der Waals surface area (Å²) in [4.78, 5) is 13.7. The molecule has 8 heteroatoms. The third-order valence-corrected chi connectivity index (χ3v) is 9.29. The lowest BCUT2D eigenvalue weighted by Crippen LogP contribution is -2.52. The molecule has 1 aromatic heterocycles. The molecule has 2 aliphatic rings. The normalized spacial score (nSPS) is 26.7. The number of hydrogen-bond acceptors (Lipinski definition) is 3. The zero-order valence-corrected chi connectivity index (χ0v) is 21.4. The molecule has 176 valence electrons. The van der Waals surface area contributed by atoms with E-state index in [4.69, 9.17) is 11.6 Å². The van der Waals surface area contributed by atoms with Crippen molar-refractivity contribution in [2.75, 3.05) is 12.8 Å². The van der Waals surface area contributed by atoms with Crippen LogP contribution < -0.4 is 10.0 Å². The van der Waals surface area contributed by atoms with Crippen molar-refractivity contribution in [2.24, 2.45) is 16.7 Å². The minimum Gasteiger partial charge on any atom is -0.348 e. The third kappa shape index (κ3) is 3.76. The Morgan fingerprint density at radius 3 is 2.53 bits per heavy atom. The van der Waals surface area contributed by atoms with Crippen LogP contribution in [0.3, 0.4) is 0 Å². The predicted octanol–water partition coefficient (Wildman–Crippen LogP) is 4.41. The molecule has 3 unspecified atom stereocenters. The van der Waals surface area contributed by atoms with Gasteiger partial charge in [-0.2, -0.15) is 0 Å². The van der Waals surface area contributed by atoms with Crippen molar-refractivity contribution < 1.29 is 13.2 Å². The van der Waals surface area contributed by atoms with Crippen LogP contribution in [-0.4, -0.2) is 37.7 Å². The largest absolute Gasteiger partial charge is 0.348 e. The summed E-state index contributed by atoms with van der Waals surface area (Å²) in [5.74, 6) is 0.563. The van der Waals surface area contributed by atoms with Gasteiger partial charge in [0.1, 0.15) is 0 Å². The molecule has 2 aromatic rings. The Morgan fingerprint density at radius 2 is 1.94 bits per heavy atom. The van der Waals surface area contributed by atoms with Gasteiger partial charge in [0.2, 0.25) is 10.0 Å². The Balaban J connectivity index is 1.73. The number of aromatic nitrogens is 1. The topological polar surface area (TPSA) is 80.2 Å². The minimum atomic E-state index is -3.30. The summed E-state index contributed by atoms with van der Waals surface area (Å²) in [5, 5.41) is 4.81. The fourth-order valence-electron chi connectivity index (χ4n) is 6.40. The number of nitrogens with zero attached hydrogens (tertiary/aromatic N) is 1. The first kappa shape index (κ1) is 23.6. The Labute approximate surface area is 196 Å². The molecule has 0 spiro atoms. The molecule has 3 atom stereocenters. The second kappa shape index (κ2) is 7.74. The molecular formula is C24H34ClN3O3S. The van der Waals surface area contributed by atoms with Crippen LogP contribution in [0.15, 0.2) is 12.1 Å². The van der Waals surface area contributed by atoms with Crippen LogP contribution in [0.5, 0.6) is 0 Å². The van der Waals surface area contributed by atoms with Crippen molar-refractivity contribution in [2.45, 2.75) is 66.5 Å². The average Bonchev–Trinajstić information content (AvgIpc) is 3.26. The van der Waals surface area contributed by atoms with Gasteiger partial charge in [0, 0.05) is 30.2 Å². The van der Waals surface area contributed by atoms with E-state index >= 15 is 0 Å². The maximum atomic E-state index is 13.7. The van der Waals surface area contributed by atoms with Crippen molar-refractivity contribution in [1.29, 1.82) is 0 Å². The molecule has 2 fully saturated rings. The molecule has 0 saturated heterocycles. The standard InChI is InChI=1S/C24H34ClN3O3S/c1-14-7-8-17-18(15(2)28(20(17)19(14)25)12-11-26-32(6,30)31)21(29)27-22-23(3,4)16-9-10-24(22,5)13-16/h7-8,16,22,26H,9-13H2,1-6H3,(H,27,29). The van der Waals surface area contributed by atoms with Gasteiger partial charge < -0.3 is 9.88 Å². The molecule has 1 heterocycles. The van der Waals surface area contributed by atoms with Gasteiger partial charge in [0.25, 0.3) is 5.91 Å². The van der Waals surface area contributed by atoms with Gasteiger partial charge in [-0.15, -0.1) is 0 Å². The number of rotatable bonds is 6. The second-order valence-electron chi connectivity index (χ2n) is 10.7. The van der Waals surface area contributed by atoms with E-state index in [0.717, 1.165) is 41.3 Å². The van der Waals surface area contributed by atoms with Crippen molar-refractivity contribution in [3.63, 3.8) is 0 Å². The van der Waals surface area contributed by atoms with Crippen LogP contribution in [0.2, 0.25) is 5.02 Å². The van der Waals surface area contributed by atoms with E-state index in [-0.39, 0.29) is 29.3 Å². The summed E-state index contributed by atoms with van der Waals surface area (Å²) in [5.41, 5.74) is 3.31. The first-order chi connectivity index (χ1) is 14.8. The number of sulfonamides is 1. The summed E-state index contributed by atoms with van der Waals surface area (Å²) in [7, 11) is -3.30. The highest BCUT2D eigenvalue weighted by molar-refractivity contribution is 7.88. The van der Waals surface area contributed by atoms with E-state index in [1.807, 2.05) is 30.5 Å². The van der Waals surface area contributed by atoms with E-state index in [0.29, 0.717) is 23.0 Å². The predicted molar refractivity (Wildman–Crippen MR) is 130 cm³/mol. The van der Waals surface area contributed by atoms with Crippen molar-refractivity contribution in [1.82, 2.24) is 14.6 Å². The maximum absolute atomic E-state index is 13.7. The summed E-state index contributed by atoms with van der Waals surface area (Å²) < 4.78 is 27.6. The van der Waals surface area contributed by atoms with E-state index in [1.54, 1.807) is 0 Å². The SMILES string of the molecule is Cc1ccc2c(C(=O)NC3C4(C)CCC(C4)C3(C)C)c(C)n(CCNS(C)(=O)=O)c2c1Cl. The smallest absolute Gasteiger partial charge is 0.253 e. The molecular weight excluding hydrogens is 446 g/mol. The van der Waals surface area contributed by atoms with E-state index < -0.39 is 10.0 Å². The fourth-order valence-corrected chi connectivity index (χ4v) is 7.13. The van der Waals surface area contributed by atoms with Gasteiger partial charge in [0.15, 0.2) is 0 Å². The third-order valence-electron chi connectivity index (χ3n) is 8.09. The Hall–Kier alpha value is -1.57. The highest BCUT2D eigenvalue weighted by Crippen LogP contribution is 2.62. The van der Waals surface area contributed by atoms with E-state index in [2.05, 4.69) is 30.8 Å². The van der Waals surface area contributed by atoms with Crippen molar-refractivity contribution >= 4 is 38.4 Å². The van der Waals surface area contributed by atoms with Crippen LogP contribution in [0, 0.1) is 30.6 Å². The number of carbonyl (C=O) groups is 1. The minimum absolute atomic E-state index is 0.0581. The van der Waals surface area contributed by atoms with Crippen LogP contribution in [0.4, 0.5) is 0 Å². The van der Waals surface area contributed by atoms with Gasteiger partial charge in [-0.25, -0.2) is 13.1 Å². The number of benzene rings is 1. The number of halogens is 1. The van der Waals surface area contributed by atoms with Gasteiger partial charge in [-0.1, -0.05) is 44.5 Å². The van der Waals surface area contributed by atoms with Crippen LogP contribution in [-0.2, 0) is 16.6 Å². The number of hydrogen-bond donors (Lipinski definition) is 2. The maximum Gasteiger partial charge on any atom is 0.253 e. The number of amides is 1. The molecule has 0 aliphatic heterocycles. The van der Waals surface area contributed by atoms with Crippen LogP contribution in [0.25, 0.3) is 10.9 Å². The van der Waals surface area contributed by atoms with Gasteiger partial charge in [-0.3, -0.25) is 4.79 Å². The van der Waals surface area contributed by atoms with E-state index in [9.17, 15) is 13.2 Å². The van der Waals surface area contributed by atoms with E-state index in [1.165, 1.54) is 6.42 Å². The first-order valence-corrected chi connectivity index (χ1v) is 13.6. The van der Waals surface area contributed by atoms with Crippen LogP contribution in [0.1, 0.15) is 61.6 Å². The number of carbonyl (C=O) groups excluding carboxylic acids is 1. The van der Waals surface area contributed by atoms with Gasteiger partial charge >= 0.3 is 0 Å². The quantitative estimate of drug-likeness (QED) is 0.644. The molecule has 4 rings (SSSR count). The fraction of sp³-hybridized carbons (Fsp3) is 0.625. The highest BCUT2D eigenvalue weighted by Gasteiger charge is 2.59. The number of aryl methyl sites for hydroxylation is 1. The molecule has 2 saturated carbocycles. The lowest BCUT2D eigenvalue weighted by atomic mass is 9.68. The van der Waals surface area contributed by atoms with Gasteiger partial charge in [-0.05, 0) is 55.4 Å². The highest BCUT2D eigenvalue weighted by atomic mass is 35.5. The Bertz CT molecular complexity index is 1200. The Kier molecular flexibility index (Phi) is 5.71. The van der Waals surface area contributed by atoms with Crippen LogP contribution >= 0.6 is 11.6 Å². The Morgan fingerprint density at radius 1 is 1.25 bits per heavy atom. The lowest BCUT2D eigenvalue weighted by Gasteiger charge is -2.43.